The molecule has 0 spiro atoms. The summed E-state index contributed by atoms with van der Waals surface area (Å²) in [6.45, 7) is 0.684. The van der Waals surface area contributed by atoms with Crippen LogP contribution in [-0.2, 0) is 6.54 Å². The Morgan fingerprint density at radius 3 is 2.69 bits per heavy atom. The fraction of sp³-hybridized carbons (Fsp3) is 0.455. The Morgan fingerprint density at radius 1 is 1.25 bits per heavy atom. The Kier molecular flexibility index (Phi) is 4.68. The third kappa shape index (κ3) is 2.99. The van der Waals surface area contributed by atoms with Crippen molar-refractivity contribution in [2.45, 2.75) is 19.0 Å². The fourth-order valence-electron chi connectivity index (χ4n) is 1.67. The minimum atomic E-state index is 0.559. The average Bonchev–Trinajstić information content (AvgIpc) is 2.77. The summed E-state index contributed by atoms with van der Waals surface area (Å²) in [5.41, 5.74) is 0.896. The van der Waals surface area contributed by atoms with Crippen molar-refractivity contribution >= 4 is 46.6 Å². The zero-order chi connectivity index (χ0) is 11.5. The van der Waals surface area contributed by atoms with Crippen LogP contribution < -0.4 is 5.32 Å². The highest BCUT2D eigenvalue weighted by atomic mass is 35.5. The summed E-state index contributed by atoms with van der Waals surface area (Å²) < 4.78 is 0. The first-order valence-corrected chi connectivity index (χ1v) is 7.41. The van der Waals surface area contributed by atoms with E-state index in [0.29, 0.717) is 27.7 Å². The second kappa shape index (κ2) is 5.83. The Morgan fingerprint density at radius 2 is 2.00 bits per heavy atom. The lowest BCUT2D eigenvalue weighted by molar-refractivity contribution is 0.558. The van der Waals surface area contributed by atoms with Crippen LogP contribution >= 0.6 is 46.6 Å². The molecule has 1 aromatic rings. The zero-order valence-corrected chi connectivity index (χ0v) is 11.7. The van der Waals surface area contributed by atoms with E-state index in [9.17, 15) is 0 Å². The van der Waals surface area contributed by atoms with E-state index < -0.39 is 0 Å². The normalized spacial score (nSPS) is 20.3. The first-order valence-electron chi connectivity index (χ1n) is 5.12. The van der Waals surface area contributed by atoms with Gasteiger partial charge in [-0.15, -0.1) is 0 Å². The van der Waals surface area contributed by atoms with Crippen LogP contribution in [0.4, 0.5) is 0 Å². The summed E-state index contributed by atoms with van der Waals surface area (Å²) in [5.74, 6) is 2.39. The van der Waals surface area contributed by atoms with Crippen molar-refractivity contribution in [2.24, 2.45) is 0 Å². The third-order valence-corrected chi connectivity index (χ3v) is 5.00. The second-order valence-corrected chi connectivity index (χ2v) is 6.11. The van der Waals surface area contributed by atoms with Crippen LogP contribution in [0, 0.1) is 0 Å². The summed E-state index contributed by atoms with van der Waals surface area (Å²) in [6, 6.07) is 4.08. The van der Waals surface area contributed by atoms with E-state index in [0.717, 1.165) is 11.3 Å². The lowest BCUT2D eigenvalue weighted by Crippen LogP contribution is -2.28. The first-order chi connectivity index (χ1) is 7.68. The standard InChI is InChI=1S/C11H12Cl3NS/c12-9-1-2-10(13)11(14)8(9)5-15-7-3-4-16-6-7/h1-2,7,15H,3-6H2. The molecular formula is C11H12Cl3NS. The summed E-state index contributed by atoms with van der Waals surface area (Å²) in [7, 11) is 0. The molecule has 0 aliphatic carbocycles. The van der Waals surface area contributed by atoms with Crippen LogP contribution in [0.25, 0.3) is 0 Å². The van der Waals surface area contributed by atoms with Gasteiger partial charge in [0.15, 0.2) is 0 Å². The van der Waals surface area contributed by atoms with Gasteiger partial charge in [-0.05, 0) is 24.3 Å². The molecule has 1 atom stereocenters. The van der Waals surface area contributed by atoms with Crippen molar-refractivity contribution in [1.82, 2.24) is 5.32 Å². The van der Waals surface area contributed by atoms with Gasteiger partial charge in [-0.1, -0.05) is 34.8 Å². The van der Waals surface area contributed by atoms with Crippen molar-refractivity contribution in [3.63, 3.8) is 0 Å². The van der Waals surface area contributed by atoms with Gasteiger partial charge in [0.25, 0.3) is 0 Å². The number of rotatable bonds is 3. The number of thioether (sulfide) groups is 1. The van der Waals surface area contributed by atoms with Crippen LogP contribution in [0.5, 0.6) is 0 Å². The highest BCUT2D eigenvalue weighted by Gasteiger charge is 2.16. The van der Waals surface area contributed by atoms with Crippen LogP contribution in [0.15, 0.2) is 12.1 Å². The SMILES string of the molecule is Clc1ccc(Cl)c(CNC2CCSC2)c1Cl. The predicted octanol–water partition coefficient (Wildman–Crippen LogP) is 4.24. The number of hydrogen-bond acceptors (Lipinski definition) is 2. The van der Waals surface area contributed by atoms with Crippen molar-refractivity contribution in [3.05, 3.63) is 32.8 Å². The van der Waals surface area contributed by atoms with E-state index >= 15 is 0 Å². The molecule has 1 saturated heterocycles. The molecule has 1 fully saturated rings. The molecule has 2 rings (SSSR count). The maximum absolute atomic E-state index is 6.12. The molecule has 0 bridgehead atoms. The van der Waals surface area contributed by atoms with Gasteiger partial charge in [0, 0.05) is 28.9 Å². The van der Waals surface area contributed by atoms with E-state index in [4.69, 9.17) is 34.8 Å². The van der Waals surface area contributed by atoms with Gasteiger partial charge < -0.3 is 5.32 Å². The van der Waals surface area contributed by atoms with E-state index in [2.05, 4.69) is 5.32 Å². The van der Waals surface area contributed by atoms with Crippen LogP contribution in [-0.4, -0.2) is 17.5 Å². The molecule has 1 heterocycles. The summed E-state index contributed by atoms with van der Waals surface area (Å²) in [6.07, 6.45) is 1.21. The maximum Gasteiger partial charge on any atom is 0.0652 e. The number of nitrogens with one attached hydrogen (secondary N) is 1. The van der Waals surface area contributed by atoms with Crippen LogP contribution in [0.2, 0.25) is 15.1 Å². The largest absolute Gasteiger partial charge is 0.309 e. The van der Waals surface area contributed by atoms with Crippen molar-refractivity contribution < 1.29 is 0 Å². The van der Waals surface area contributed by atoms with E-state index in [-0.39, 0.29) is 0 Å². The Labute approximate surface area is 115 Å². The molecule has 5 heteroatoms. The monoisotopic (exact) mass is 295 g/mol. The molecule has 1 unspecified atom stereocenters. The quantitative estimate of drug-likeness (QED) is 0.837. The summed E-state index contributed by atoms with van der Waals surface area (Å²) in [4.78, 5) is 0. The Hall–Kier alpha value is 0.400. The molecule has 16 heavy (non-hydrogen) atoms. The average molecular weight is 297 g/mol. The van der Waals surface area contributed by atoms with E-state index in [1.54, 1.807) is 12.1 Å². The molecule has 0 amide bonds. The van der Waals surface area contributed by atoms with Gasteiger partial charge in [0.2, 0.25) is 0 Å². The van der Waals surface area contributed by atoms with E-state index in [1.807, 2.05) is 11.8 Å². The molecule has 1 aliphatic heterocycles. The van der Waals surface area contributed by atoms with Gasteiger partial charge in [-0.25, -0.2) is 0 Å². The maximum atomic E-state index is 6.12. The summed E-state index contributed by atoms with van der Waals surface area (Å²) >= 11 is 20.2. The van der Waals surface area contributed by atoms with Crippen molar-refractivity contribution in [2.75, 3.05) is 11.5 Å². The molecule has 0 radical (unpaired) electrons. The minimum Gasteiger partial charge on any atom is -0.309 e. The second-order valence-electron chi connectivity index (χ2n) is 3.76. The smallest absolute Gasteiger partial charge is 0.0652 e. The number of benzene rings is 1. The van der Waals surface area contributed by atoms with E-state index in [1.165, 1.54) is 12.2 Å². The predicted molar refractivity (Wildman–Crippen MR) is 74.0 cm³/mol. The Bertz CT molecular complexity index is 378. The van der Waals surface area contributed by atoms with Crippen molar-refractivity contribution in [3.8, 4) is 0 Å². The summed E-state index contributed by atoms with van der Waals surface area (Å²) in [5, 5.41) is 5.25. The third-order valence-electron chi connectivity index (χ3n) is 2.64. The van der Waals surface area contributed by atoms with Gasteiger partial charge in [-0.3, -0.25) is 0 Å². The van der Waals surface area contributed by atoms with Gasteiger partial charge in [0.1, 0.15) is 0 Å². The van der Waals surface area contributed by atoms with Gasteiger partial charge >= 0.3 is 0 Å². The van der Waals surface area contributed by atoms with Crippen LogP contribution in [0.3, 0.4) is 0 Å². The molecule has 88 valence electrons. The molecular weight excluding hydrogens is 285 g/mol. The molecule has 0 aromatic heterocycles. The topological polar surface area (TPSA) is 12.0 Å². The molecule has 1 N–H and O–H groups in total. The number of hydrogen-bond donors (Lipinski definition) is 1. The lowest BCUT2D eigenvalue weighted by Gasteiger charge is -2.13. The zero-order valence-electron chi connectivity index (χ0n) is 8.60. The van der Waals surface area contributed by atoms with Gasteiger partial charge in [0.05, 0.1) is 10.0 Å². The Balaban J connectivity index is 2.05. The molecule has 1 aliphatic rings. The fourth-order valence-corrected chi connectivity index (χ4v) is 3.54. The van der Waals surface area contributed by atoms with Crippen molar-refractivity contribution in [1.29, 1.82) is 0 Å². The first kappa shape index (κ1) is 12.8. The highest BCUT2D eigenvalue weighted by Crippen LogP contribution is 2.31. The molecule has 1 nitrogen and oxygen atoms in total. The molecule has 0 saturated carbocycles. The lowest BCUT2D eigenvalue weighted by atomic mass is 10.2. The van der Waals surface area contributed by atoms with Crippen LogP contribution in [0.1, 0.15) is 12.0 Å². The number of halogens is 3. The minimum absolute atomic E-state index is 0.559. The highest BCUT2D eigenvalue weighted by molar-refractivity contribution is 7.99. The molecule has 1 aromatic carbocycles. The van der Waals surface area contributed by atoms with Gasteiger partial charge in [-0.2, -0.15) is 11.8 Å².